The molecular weight excluding hydrogens is 392 g/mol. The van der Waals surface area contributed by atoms with Crippen molar-refractivity contribution in [3.63, 3.8) is 0 Å². The zero-order valence-corrected chi connectivity index (χ0v) is 17.1. The number of likely N-dealkylation sites (N-methyl/N-ethyl adjacent to an activating group) is 1. The third kappa shape index (κ3) is 5.29. The van der Waals surface area contributed by atoms with Crippen LogP contribution in [0, 0.1) is 0 Å². The zero-order valence-electron chi connectivity index (χ0n) is 16.3. The van der Waals surface area contributed by atoms with Gasteiger partial charge in [-0.15, -0.1) is 11.8 Å². The Balaban J connectivity index is 1.47. The van der Waals surface area contributed by atoms with Crippen LogP contribution in [0.3, 0.4) is 0 Å². The number of para-hydroxylation sites is 2. The van der Waals surface area contributed by atoms with E-state index in [4.69, 9.17) is 9.15 Å². The minimum Gasteiger partial charge on any atom is -0.456 e. The van der Waals surface area contributed by atoms with Crippen LogP contribution in [0.15, 0.2) is 62.6 Å². The number of rotatable bonds is 8. The average molecular weight is 414 g/mol. The van der Waals surface area contributed by atoms with Crippen molar-refractivity contribution < 1.29 is 18.7 Å². The molecule has 0 radical (unpaired) electrons. The molecular formula is C21H22N2O5S. The second-order valence-electron chi connectivity index (χ2n) is 6.50. The van der Waals surface area contributed by atoms with Gasteiger partial charge in [-0.3, -0.25) is 14.2 Å². The summed E-state index contributed by atoms with van der Waals surface area (Å²) < 4.78 is 11.6. The molecule has 3 aromatic rings. The lowest BCUT2D eigenvalue weighted by Gasteiger charge is -2.17. The van der Waals surface area contributed by atoms with Gasteiger partial charge in [0.2, 0.25) is 0 Å². The van der Waals surface area contributed by atoms with Gasteiger partial charge in [-0.1, -0.05) is 24.3 Å². The van der Waals surface area contributed by atoms with Crippen molar-refractivity contribution in [2.24, 2.45) is 0 Å². The molecule has 2 aromatic carbocycles. The highest BCUT2D eigenvalue weighted by atomic mass is 32.2. The molecule has 0 aliphatic heterocycles. The Morgan fingerprint density at radius 1 is 1.14 bits per heavy atom. The summed E-state index contributed by atoms with van der Waals surface area (Å²) in [7, 11) is 1.66. The molecule has 0 fully saturated rings. The molecule has 0 aliphatic rings. The van der Waals surface area contributed by atoms with E-state index in [1.165, 1.54) is 9.47 Å². The molecule has 1 heterocycles. The van der Waals surface area contributed by atoms with Crippen molar-refractivity contribution in [2.45, 2.75) is 24.4 Å². The van der Waals surface area contributed by atoms with Gasteiger partial charge >= 0.3 is 11.7 Å². The second kappa shape index (κ2) is 9.47. The number of carbonyl (C=O) groups excluding carboxylic acids is 2. The summed E-state index contributed by atoms with van der Waals surface area (Å²) in [6.45, 7) is 0.223. The Kier molecular flexibility index (Phi) is 6.77. The Morgan fingerprint density at radius 2 is 1.86 bits per heavy atom. The summed E-state index contributed by atoms with van der Waals surface area (Å²) >= 11 is 1.65. The number of ether oxygens (including phenoxy) is 1. The van der Waals surface area contributed by atoms with E-state index < -0.39 is 11.7 Å². The van der Waals surface area contributed by atoms with E-state index in [0.29, 0.717) is 17.6 Å². The molecule has 0 spiro atoms. The van der Waals surface area contributed by atoms with Crippen LogP contribution in [-0.2, 0) is 27.4 Å². The molecule has 1 aromatic heterocycles. The first-order valence-electron chi connectivity index (χ1n) is 9.09. The van der Waals surface area contributed by atoms with Crippen molar-refractivity contribution in [3.8, 4) is 0 Å². The number of nitrogens with zero attached hydrogens (tertiary/aromatic N) is 2. The fourth-order valence-electron chi connectivity index (χ4n) is 2.85. The monoisotopic (exact) mass is 414 g/mol. The van der Waals surface area contributed by atoms with E-state index in [-0.39, 0.29) is 25.5 Å². The summed E-state index contributed by atoms with van der Waals surface area (Å²) in [6.07, 6.45) is 1.97. The van der Waals surface area contributed by atoms with Crippen molar-refractivity contribution in [1.82, 2.24) is 9.47 Å². The molecule has 0 saturated heterocycles. The number of hydrogen-bond acceptors (Lipinski definition) is 6. The van der Waals surface area contributed by atoms with E-state index in [0.717, 1.165) is 10.5 Å². The first-order chi connectivity index (χ1) is 14.0. The number of carbonyl (C=O) groups is 2. The van der Waals surface area contributed by atoms with Gasteiger partial charge in [-0.2, -0.15) is 0 Å². The molecule has 29 heavy (non-hydrogen) atoms. The quantitative estimate of drug-likeness (QED) is 0.416. The second-order valence-corrected chi connectivity index (χ2v) is 7.38. The number of amides is 1. The van der Waals surface area contributed by atoms with Crippen LogP contribution in [0.5, 0.6) is 0 Å². The molecule has 7 nitrogen and oxygen atoms in total. The summed E-state index contributed by atoms with van der Waals surface area (Å²) in [5.74, 6) is -1.37. The molecule has 1 amide bonds. The van der Waals surface area contributed by atoms with Gasteiger partial charge in [0, 0.05) is 25.0 Å². The minimum atomic E-state index is -0.548. The van der Waals surface area contributed by atoms with E-state index in [9.17, 15) is 14.4 Å². The van der Waals surface area contributed by atoms with Crippen LogP contribution in [0.25, 0.3) is 11.1 Å². The van der Waals surface area contributed by atoms with Crippen LogP contribution in [0.1, 0.15) is 12.0 Å². The summed E-state index contributed by atoms with van der Waals surface area (Å²) in [5, 5.41) is 0. The van der Waals surface area contributed by atoms with Crippen LogP contribution >= 0.6 is 11.8 Å². The molecule has 0 unspecified atom stereocenters. The summed E-state index contributed by atoms with van der Waals surface area (Å²) in [6, 6.07) is 14.9. The fourth-order valence-corrected chi connectivity index (χ4v) is 3.25. The van der Waals surface area contributed by atoms with E-state index in [2.05, 4.69) is 0 Å². The van der Waals surface area contributed by atoms with Crippen molar-refractivity contribution in [3.05, 3.63) is 64.6 Å². The summed E-state index contributed by atoms with van der Waals surface area (Å²) in [4.78, 5) is 38.8. The van der Waals surface area contributed by atoms with Crippen LogP contribution < -0.4 is 5.76 Å². The van der Waals surface area contributed by atoms with Gasteiger partial charge in [0.25, 0.3) is 5.91 Å². The number of oxazole rings is 1. The maximum atomic E-state index is 12.2. The maximum Gasteiger partial charge on any atom is 0.419 e. The van der Waals surface area contributed by atoms with Gasteiger partial charge in [0.1, 0.15) is 0 Å². The van der Waals surface area contributed by atoms with Crippen molar-refractivity contribution >= 4 is 34.7 Å². The van der Waals surface area contributed by atoms with E-state index in [1.807, 2.05) is 30.5 Å². The molecule has 8 heteroatoms. The standard InChI is InChI=1S/C21H22N2O5S/c1-22(13-15-7-9-16(29-2)10-8-15)19(24)14-27-20(25)11-12-23-17-5-3-4-6-18(17)28-21(23)26/h3-10H,11-14H2,1-2H3. The zero-order chi connectivity index (χ0) is 20.8. The average Bonchev–Trinajstić information content (AvgIpc) is 3.05. The van der Waals surface area contributed by atoms with Gasteiger partial charge < -0.3 is 14.1 Å². The number of aryl methyl sites for hydroxylation is 1. The Labute approximate surface area is 172 Å². The Bertz CT molecular complexity index is 1050. The SMILES string of the molecule is CSc1ccc(CN(C)C(=O)COC(=O)CCn2c(=O)oc3ccccc32)cc1. The highest BCUT2D eigenvalue weighted by Crippen LogP contribution is 2.16. The van der Waals surface area contributed by atoms with Crippen molar-refractivity contribution in [1.29, 1.82) is 0 Å². The normalized spacial score (nSPS) is 10.8. The largest absolute Gasteiger partial charge is 0.456 e. The highest BCUT2D eigenvalue weighted by Gasteiger charge is 2.14. The predicted octanol–water partition coefficient (Wildman–Crippen LogP) is 2.91. The molecule has 3 rings (SSSR count). The van der Waals surface area contributed by atoms with Crippen LogP contribution in [0.4, 0.5) is 0 Å². The molecule has 152 valence electrons. The first-order valence-corrected chi connectivity index (χ1v) is 10.3. The first kappa shape index (κ1) is 20.7. The molecule has 0 N–H and O–H groups in total. The minimum absolute atomic E-state index is 0.0312. The van der Waals surface area contributed by atoms with Gasteiger partial charge in [-0.25, -0.2) is 4.79 Å². The Morgan fingerprint density at radius 3 is 2.59 bits per heavy atom. The van der Waals surface area contributed by atoms with Crippen LogP contribution in [0.2, 0.25) is 0 Å². The predicted molar refractivity (Wildman–Crippen MR) is 111 cm³/mol. The van der Waals surface area contributed by atoms with Crippen molar-refractivity contribution in [2.75, 3.05) is 19.9 Å². The smallest absolute Gasteiger partial charge is 0.419 e. The lowest BCUT2D eigenvalue weighted by molar-refractivity contribution is -0.151. The molecule has 0 atom stereocenters. The summed E-state index contributed by atoms with van der Waals surface area (Å²) in [5.41, 5.74) is 2.08. The van der Waals surface area contributed by atoms with E-state index >= 15 is 0 Å². The number of benzene rings is 2. The number of fused-ring (bicyclic) bond motifs is 1. The van der Waals surface area contributed by atoms with Gasteiger partial charge in [0.15, 0.2) is 12.2 Å². The number of thioether (sulfide) groups is 1. The number of hydrogen-bond donors (Lipinski definition) is 0. The molecule has 0 aliphatic carbocycles. The highest BCUT2D eigenvalue weighted by molar-refractivity contribution is 7.98. The fraction of sp³-hybridized carbons (Fsp3) is 0.286. The maximum absolute atomic E-state index is 12.2. The lowest BCUT2D eigenvalue weighted by atomic mass is 10.2. The third-order valence-corrected chi connectivity index (χ3v) is 5.22. The molecule has 0 bridgehead atoms. The lowest BCUT2D eigenvalue weighted by Crippen LogP contribution is -2.31. The molecule has 0 saturated carbocycles. The topological polar surface area (TPSA) is 81.8 Å². The van der Waals surface area contributed by atoms with E-state index in [1.54, 1.807) is 43.1 Å². The number of esters is 1. The van der Waals surface area contributed by atoms with Gasteiger partial charge in [-0.05, 0) is 36.1 Å². The Hall–Kier alpha value is -3.00. The van der Waals surface area contributed by atoms with Crippen LogP contribution in [-0.4, -0.2) is 41.3 Å². The third-order valence-electron chi connectivity index (χ3n) is 4.47. The number of aromatic nitrogens is 1. The van der Waals surface area contributed by atoms with Gasteiger partial charge in [0.05, 0.1) is 11.9 Å².